The number of nitrogens with one attached hydrogen (secondary N) is 2. The molecule has 6 rings (SSSR count). The number of hydrogen-bond acceptors (Lipinski definition) is 14. The summed E-state index contributed by atoms with van der Waals surface area (Å²) in [6, 6.07) is 6.08. The zero-order valence-corrected chi connectivity index (χ0v) is 27.7. The zero-order chi connectivity index (χ0) is 37.9. The van der Waals surface area contributed by atoms with Crippen LogP contribution in [0.1, 0.15) is 31.8 Å². The van der Waals surface area contributed by atoms with Gasteiger partial charge in [-0.1, -0.05) is 23.7 Å². The summed E-state index contributed by atoms with van der Waals surface area (Å²) in [5, 5.41) is 101. The lowest BCUT2D eigenvalue weighted by Gasteiger charge is -2.37. The topological polar surface area (TPSA) is 295 Å². The maximum Gasteiger partial charge on any atom is 0.335 e. The molecule has 2 aromatic heterocycles. The number of carbonyl (C=O) groups excluding carboxylic acids is 1. The van der Waals surface area contributed by atoms with Crippen LogP contribution in [-0.2, 0) is 9.47 Å². The molecule has 2 aliphatic rings. The number of hydrogen-bond donors (Lipinski definition) is 11. The predicted octanol–water partition coefficient (Wildman–Crippen LogP) is -3.09. The molecule has 18 nitrogen and oxygen atoms in total. The number of rotatable bonds is 4. The highest BCUT2D eigenvalue weighted by molar-refractivity contribution is 5.99. The maximum absolute atomic E-state index is 12.3. The quantitative estimate of drug-likeness (QED) is 0.0931. The lowest BCUT2D eigenvalue weighted by Crippen LogP contribution is -2.58. The fourth-order valence-electron chi connectivity index (χ4n) is 5.56. The number of fused-ring (bicyclic) bond motifs is 2. The summed E-state index contributed by atoms with van der Waals surface area (Å²) in [5.74, 6) is 9.53. The Morgan fingerprint density at radius 1 is 0.692 bits per heavy atom. The van der Waals surface area contributed by atoms with Gasteiger partial charge in [-0.3, -0.25) is 15.0 Å². The fraction of sp³-hybridized carbons (Fsp3) is 0.412. The summed E-state index contributed by atoms with van der Waals surface area (Å²) in [7, 11) is 3.28. The summed E-state index contributed by atoms with van der Waals surface area (Å²) >= 11 is 0. The van der Waals surface area contributed by atoms with Crippen molar-refractivity contribution < 1.29 is 65.0 Å². The standard InChI is InChI=1S/C18H21N3O6.C16H16N2O7/c1-21(2)18(26)10-5-9(14-11(6-10)7-19-20-14)3-4-12-15(23)17(25)16(24)13(8-22)27-12;19-6-11-14(21)15(22)13(20)10(25-11)2-1-7-3-8(16(23)24)4-9-5-17-18-12(7)9/h5-7,12-13,15-17,22-25H,8H2,1-2H3,(H,19,20);3-5,10-11,13-15,19-22H,6H2,(H,17,18)(H,23,24)/t12-,13-,15-,16-,17-;10-,11-,13-,14-,15-/m11/s1. The van der Waals surface area contributed by atoms with Gasteiger partial charge in [-0.2, -0.15) is 10.2 Å². The Kier molecular flexibility index (Phi) is 11.9. The molecule has 2 saturated heterocycles. The Morgan fingerprint density at radius 3 is 1.52 bits per heavy atom. The Morgan fingerprint density at radius 2 is 1.12 bits per heavy atom. The molecule has 10 atom stereocenters. The molecule has 276 valence electrons. The molecular formula is C34H37N5O13. The molecular weight excluding hydrogens is 686 g/mol. The number of aliphatic hydroxyl groups excluding tert-OH is 8. The Bertz CT molecular complexity index is 2040. The number of aromatic carboxylic acids is 1. The minimum atomic E-state index is -1.53. The molecule has 4 heterocycles. The van der Waals surface area contributed by atoms with E-state index in [0.717, 1.165) is 0 Å². The lowest BCUT2D eigenvalue weighted by molar-refractivity contribution is -0.214. The van der Waals surface area contributed by atoms with Crippen LogP contribution in [0.3, 0.4) is 0 Å². The average molecular weight is 724 g/mol. The highest BCUT2D eigenvalue weighted by Gasteiger charge is 2.43. The normalized spacial score (nSPS) is 28.5. The van der Waals surface area contributed by atoms with Crippen molar-refractivity contribution in [3.8, 4) is 23.7 Å². The number of amides is 1. The second-order valence-electron chi connectivity index (χ2n) is 12.3. The van der Waals surface area contributed by atoms with Crippen molar-refractivity contribution in [3.63, 3.8) is 0 Å². The van der Waals surface area contributed by atoms with Crippen LogP contribution in [0.15, 0.2) is 36.7 Å². The molecule has 2 fully saturated rings. The Labute approximate surface area is 294 Å². The molecule has 2 aromatic carbocycles. The first kappa shape index (κ1) is 38.3. The molecule has 1 amide bonds. The molecule has 0 saturated carbocycles. The number of nitrogens with zero attached hydrogens (tertiary/aromatic N) is 3. The van der Waals surface area contributed by atoms with Crippen LogP contribution < -0.4 is 0 Å². The molecule has 2 aliphatic heterocycles. The van der Waals surface area contributed by atoms with E-state index in [9.17, 15) is 50.4 Å². The van der Waals surface area contributed by atoms with E-state index in [1.165, 1.54) is 23.2 Å². The average Bonchev–Trinajstić information content (AvgIpc) is 3.82. The molecule has 4 aromatic rings. The van der Waals surface area contributed by atoms with Gasteiger partial charge in [-0.05, 0) is 24.3 Å². The fourth-order valence-corrected chi connectivity index (χ4v) is 5.56. The van der Waals surface area contributed by atoms with Crippen LogP contribution in [0, 0.1) is 23.7 Å². The monoisotopic (exact) mass is 723 g/mol. The number of carbonyl (C=O) groups is 2. The molecule has 0 bridgehead atoms. The van der Waals surface area contributed by atoms with Gasteiger partial charge in [0.1, 0.15) is 61.0 Å². The lowest BCUT2D eigenvalue weighted by atomic mass is 9.95. The third-order valence-corrected chi connectivity index (χ3v) is 8.48. The minimum absolute atomic E-state index is 0.0204. The SMILES string of the molecule is CN(C)C(=O)c1cc(C#C[C@H]2O[C@H](CO)[C@@H](O)[C@H](O)[C@@H]2O)c2[nH]ncc2c1.O=C(O)c1cc(C#C[C@H]2O[C@H](CO)[C@@H](O)[C@H](O)[C@@H]2O)c2[nH]ncc2c1. The third-order valence-electron chi connectivity index (χ3n) is 8.48. The van der Waals surface area contributed by atoms with Gasteiger partial charge in [0.15, 0.2) is 0 Å². The number of benzene rings is 2. The van der Waals surface area contributed by atoms with Gasteiger partial charge < -0.3 is 60.3 Å². The summed E-state index contributed by atoms with van der Waals surface area (Å²) < 4.78 is 10.7. The van der Waals surface area contributed by atoms with Gasteiger partial charge in [-0.25, -0.2) is 4.79 Å². The van der Waals surface area contributed by atoms with Crippen molar-refractivity contribution in [1.82, 2.24) is 25.3 Å². The number of carboxylic acid groups (broad SMARTS) is 1. The van der Waals surface area contributed by atoms with Crippen molar-refractivity contribution in [2.75, 3.05) is 27.3 Å². The van der Waals surface area contributed by atoms with Gasteiger partial charge in [0.05, 0.1) is 53.3 Å². The zero-order valence-electron chi connectivity index (χ0n) is 27.7. The van der Waals surface area contributed by atoms with E-state index in [0.29, 0.717) is 38.5 Å². The van der Waals surface area contributed by atoms with Crippen molar-refractivity contribution >= 4 is 33.7 Å². The van der Waals surface area contributed by atoms with E-state index in [4.69, 9.17) is 14.6 Å². The highest BCUT2D eigenvalue weighted by atomic mass is 16.5. The van der Waals surface area contributed by atoms with Crippen molar-refractivity contribution in [2.24, 2.45) is 0 Å². The Hall–Kier alpha value is -4.96. The molecule has 0 spiro atoms. The number of aromatic nitrogens is 4. The van der Waals surface area contributed by atoms with Crippen LogP contribution in [0.5, 0.6) is 0 Å². The first-order valence-electron chi connectivity index (χ1n) is 15.8. The molecule has 0 radical (unpaired) electrons. The van der Waals surface area contributed by atoms with E-state index < -0.39 is 80.2 Å². The number of aliphatic hydroxyl groups is 8. The molecule has 0 unspecified atom stereocenters. The highest BCUT2D eigenvalue weighted by Crippen LogP contribution is 2.24. The van der Waals surface area contributed by atoms with Gasteiger partial charge in [0.2, 0.25) is 0 Å². The van der Waals surface area contributed by atoms with Crippen molar-refractivity contribution in [1.29, 1.82) is 0 Å². The summed E-state index contributed by atoms with van der Waals surface area (Å²) in [4.78, 5) is 24.9. The van der Waals surface area contributed by atoms with Crippen LogP contribution in [0.2, 0.25) is 0 Å². The van der Waals surface area contributed by atoms with E-state index in [-0.39, 0.29) is 11.5 Å². The number of H-pyrrole nitrogens is 2. The number of ether oxygens (including phenoxy) is 2. The smallest absolute Gasteiger partial charge is 0.335 e. The number of aromatic amines is 2. The minimum Gasteiger partial charge on any atom is -0.478 e. The maximum atomic E-state index is 12.3. The first-order valence-corrected chi connectivity index (χ1v) is 15.8. The first-order chi connectivity index (χ1) is 24.7. The molecule has 52 heavy (non-hydrogen) atoms. The van der Waals surface area contributed by atoms with E-state index in [2.05, 4.69) is 44.1 Å². The molecule has 18 heteroatoms. The van der Waals surface area contributed by atoms with Gasteiger partial charge in [0.25, 0.3) is 5.91 Å². The van der Waals surface area contributed by atoms with E-state index in [1.54, 1.807) is 32.4 Å². The largest absolute Gasteiger partial charge is 0.478 e. The third kappa shape index (κ3) is 7.92. The van der Waals surface area contributed by atoms with Gasteiger partial charge in [-0.15, -0.1) is 0 Å². The molecule has 0 aliphatic carbocycles. The summed E-state index contributed by atoms with van der Waals surface area (Å²) in [6.07, 6.45) is -10.2. The van der Waals surface area contributed by atoms with Crippen LogP contribution in [0.25, 0.3) is 21.8 Å². The van der Waals surface area contributed by atoms with Gasteiger partial charge in [0, 0.05) is 30.4 Å². The van der Waals surface area contributed by atoms with Crippen molar-refractivity contribution in [3.05, 3.63) is 58.9 Å². The summed E-state index contributed by atoms with van der Waals surface area (Å²) in [6.45, 7) is -1.08. The van der Waals surface area contributed by atoms with Crippen molar-refractivity contribution in [2.45, 2.75) is 61.0 Å². The molecule has 11 N–H and O–H groups in total. The van der Waals surface area contributed by atoms with Crippen LogP contribution in [-0.4, -0.2) is 171 Å². The second kappa shape index (κ2) is 16.2. The summed E-state index contributed by atoms with van der Waals surface area (Å²) in [5.41, 5.74) is 2.36. The van der Waals surface area contributed by atoms with E-state index >= 15 is 0 Å². The van der Waals surface area contributed by atoms with Crippen LogP contribution in [0.4, 0.5) is 0 Å². The van der Waals surface area contributed by atoms with E-state index in [1.807, 2.05) is 0 Å². The Balaban J connectivity index is 0.000000202. The van der Waals surface area contributed by atoms with Crippen LogP contribution >= 0.6 is 0 Å². The predicted molar refractivity (Wildman–Crippen MR) is 178 cm³/mol. The van der Waals surface area contributed by atoms with Gasteiger partial charge >= 0.3 is 5.97 Å². The second-order valence-corrected chi connectivity index (χ2v) is 12.3. The number of carboxylic acids is 1.